The Balaban J connectivity index is 0.00000408. The summed E-state index contributed by atoms with van der Waals surface area (Å²) >= 11 is 0. The first-order valence-electron chi connectivity index (χ1n) is 9.28. The molecule has 0 aliphatic heterocycles. The van der Waals surface area contributed by atoms with Gasteiger partial charge in [-0.2, -0.15) is 41.3 Å². The Labute approximate surface area is 190 Å². The van der Waals surface area contributed by atoms with Crippen molar-refractivity contribution in [2.75, 3.05) is 17.2 Å². The van der Waals surface area contributed by atoms with Crippen LogP contribution < -0.4 is 10.6 Å². The number of nitrogens with zero attached hydrogens (tertiary/aromatic N) is 5. The highest BCUT2D eigenvalue weighted by molar-refractivity contribution is 5.59. The average molecular weight is 489 g/mol. The third-order valence-corrected chi connectivity index (χ3v) is 3.89. The van der Waals surface area contributed by atoms with Gasteiger partial charge in [-0.15, -0.1) is 0 Å². The summed E-state index contributed by atoms with van der Waals surface area (Å²) in [5.41, 5.74) is -3.85. The number of halogens is 6. The summed E-state index contributed by atoms with van der Waals surface area (Å²) in [5.74, 6) is -0.687. The SMILES string of the molecule is C.CC(C)(O)CNc1nc(Nc2ccnc(C(F)(F)F)c2)nc(-c2cccc(C(F)(F)F)n2)n1. The monoisotopic (exact) mass is 489 g/mol. The molecule has 0 aliphatic carbocycles. The molecule has 0 radical (unpaired) electrons. The molecule has 0 saturated heterocycles. The molecule has 34 heavy (non-hydrogen) atoms. The Bertz CT molecular complexity index is 1130. The largest absolute Gasteiger partial charge is 0.433 e. The van der Waals surface area contributed by atoms with Crippen molar-refractivity contribution in [3.8, 4) is 11.5 Å². The molecule has 3 N–H and O–H groups in total. The molecule has 184 valence electrons. The van der Waals surface area contributed by atoms with Crippen LogP contribution in [0.15, 0.2) is 36.5 Å². The highest BCUT2D eigenvalue weighted by atomic mass is 19.4. The van der Waals surface area contributed by atoms with E-state index in [1.807, 2.05) is 0 Å². The molecule has 0 aromatic carbocycles. The average Bonchev–Trinajstić information content (AvgIpc) is 2.71. The minimum absolute atomic E-state index is 0. The van der Waals surface area contributed by atoms with E-state index in [1.165, 1.54) is 26.0 Å². The summed E-state index contributed by atoms with van der Waals surface area (Å²) < 4.78 is 78.0. The Morgan fingerprint density at radius 1 is 0.853 bits per heavy atom. The number of aliphatic hydroxyl groups is 1. The lowest BCUT2D eigenvalue weighted by Crippen LogP contribution is -2.30. The van der Waals surface area contributed by atoms with Gasteiger partial charge >= 0.3 is 12.4 Å². The fourth-order valence-electron chi connectivity index (χ4n) is 2.43. The van der Waals surface area contributed by atoms with Crippen LogP contribution in [-0.2, 0) is 12.4 Å². The van der Waals surface area contributed by atoms with E-state index in [0.717, 1.165) is 24.4 Å². The Morgan fingerprint density at radius 2 is 1.50 bits per heavy atom. The number of hydrogen-bond donors (Lipinski definition) is 3. The number of rotatable bonds is 6. The fraction of sp³-hybridized carbons (Fsp3) is 0.350. The zero-order chi connectivity index (χ0) is 24.4. The normalized spacial score (nSPS) is 12.1. The molecule has 8 nitrogen and oxygen atoms in total. The van der Waals surface area contributed by atoms with Gasteiger partial charge in [0, 0.05) is 18.4 Å². The zero-order valence-electron chi connectivity index (χ0n) is 17.1. The van der Waals surface area contributed by atoms with Crippen molar-refractivity contribution in [1.82, 2.24) is 24.9 Å². The van der Waals surface area contributed by atoms with Gasteiger partial charge in [0.25, 0.3) is 0 Å². The van der Waals surface area contributed by atoms with Crippen LogP contribution in [-0.4, -0.2) is 42.2 Å². The lowest BCUT2D eigenvalue weighted by atomic mass is 10.1. The van der Waals surface area contributed by atoms with Crippen LogP contribution in [0.2, 0.25) is 0 Å². The van der Waals surface area contributed by atoms with E-state index < -0.39 is 29.3 Å². The van der Waals surface area contributed by atoms with E-state index in [1.54, 1.807) is 0 Å². The van der Waals surface area contributed by atoms with E-state index in [4.69, 9.17) is 0 Å². The standard InChI is InChI=1S/C19H17F6N7O.CH4/c1-17(2,33)9-27-15-30-14(11-4-3-5-12(29-11)18(20,21)22)31-16(32-15)28-10-6-7-26-13(8-10)19(23,24)25;/h3-8,33H,9H2,1-2H3,(H2,26,27,28,30,31,32);1H4. The maximum atomic E-state index is 13.0. The lowest BCUT2D eigenvalue weighted by Gasteiger charge is -2.18. The van der Waals surface area contributed by atoms with Gasteiger partial charge in [0.1, 0.15) is 17.1 Å². The van der Waals surface area contributed by atoms with Gasteiger partial charge in [-0.3, -0.25) is 4.98 Å². The smallest absolute Gasteiger partial charge is 0.389 e. The maximum Gasteiger partial charge on any atom is 0.433 e. The lowest BCUT2D eigenvalue weighted by molar-refractivity contribution is -0.141. The molecule has 0 spiro atoms. The first-order valence-corrected chi connectivity index (χ1v) is 9.28. The van der Waals surface area contributed by atoms with Crippen LogP contribution >= 0.6 is 0 Å². The maximum absolute atomic E-state index is 13.0. The molecule has 0 unspecified atom stereocenters. The van der Waals surface area contributed by atoms with Crippen molar-refractivity contribution in [3.05, 3.63) is 47.9 Å². The summed E-state index contributed by atoms with van der Waals surface area (Å²) in [6.07, 6.45) is -8.48. The number of nitrogens with one attached hydrogen (secondary N) is 2. The molecule has 3 heterocycles. The van der Waals surface area contributed by atoms with Crippen LogP contribution in [0.3, 0.4) is 0 Å². The van der Waals surface area contributed by atoms with E-state index in [2.05, 4.69) is 35.6 Å². The predicted molar refractivity (Wildman–Crippen MR) is 112 cm³/mol. The molecule has 3 rings (SSSR count). The molecule has 0 fully saturated rings. The minimum atomic E-state index is -4.71. The van der Waals surface area contributed by atoms with Gasteiger partial charge in [0.15, 0.2) is 5.82 Å². The molecule has 3 aromatic rings. The van der Waals surface area contributed by atoms with Crippen LogP contribution in [0.5, 0.6) is 0 Å². The molecular weight excluding hydrogens is 468 g/mol. The number of pyridine rings is 2. The number of aromatic nitrogens is 5. The van der Waals surface area contributed by atoms with Gasteiger partial charge in [0.05, 0.1) is 5.60 Å². The third kappa shape index (κ3) is 7.23. The molecular formula is C20H21F6N7O. The second-order valence-corrected chi connectivity index (χ2v) is 7.43. The highest BCUT2D eigenvalue weighted by Crippen LogP contribution is 2.31. The summed E-state index contributed by atoms with van der Waals surface area (Å²) in [6.45, 7) is 2.94. The van der Waals surface area contributed by atoms with Gasteiger partial charge in [0.2, 0.25) is 11.9 Å². The molecule has 14 heteroatoms. The molecule has 0 atom stereocenters. The Morgan fingerprint density at radius 3 is 2.12 bits per heavy atom. The van der Waals surface area contributed by atoms with Crippen molar-refractivity contribution in [3.63, 3.8) is 0 Å². The Kier molecular flexibility index (Phi) is 7.66. The van der Waals surface area contributed by atoms with Crippen molar-refractivity contribution >= 4 is 17.6 Å². The highest BCUT2D eigenvalue weighted by Gasteiger charge is 2.33. The van der Waals surface area contributed by atoms with Crippen LogP contribution in [0, 0.1) is 0 Å². The number of alkyl halides is 6. The Hall–Kier alpha value is -3.55. The van der Waals surface area contributed by atoms with Crippen molar-refractivity contribution in [1.29, 1.82) is 0 Å². The van der Waals surface area contributed by atoms with Crippen LogP contribution in [0.25, 0.3) is 11.5 Å². The topological polar surface area (TPSA) is 109 Å². The van der Waals surface area contributed by atoms with Crippen LogP contribution in [0.4, 0.5) is 43.9 Å². The van der Waals surface area contributed by atoms with Crippen molar-refractivity contribution in [2.24, 2.45) is 0 Å². The zero-order valence-corrected chi connectivity index (χ0v) is 17.1. The third-order valence-electron chi connectivity index (χ3n) is 3.89. The summed E-state index contributed by atoms with van der Waals surface area (Å²) in [6, 6.07) is 5.07. The van der Waals surface area contributed by atoms with Crippen molar-refractivity contribution < 1.29 is 31.4 Å². The van der Waals surface area contributed by atoms with E-state index in [9.17, 15) is 31.4 Å². The summed E-state index contributed by atoms with van der Waals surface area (Å²) in [7, 11) is 0. The minimum Gasteiger partial charge on any atom is -0.389 e. The van der Waals surface area contributed by atoms with Crippen molar-refractivity contribution in [2.45, 2.75) is 39.2 Å². The quantitative estimate of drug-likeness (QED) is 0.419. The van der Waals surface area contributed by atoms with Gasteiger partial charge in [-0.1, -0.05) is 13.5 Å². The van der Waals surface area contributed by atoms with Gasteiger partial charge < -0.3 is 15.7 Å². The molecule has 3 aromatic heterocycles. The molecule has 0 bridgehead atoms. The second-order valence-electron chi connectivity index (χ2n) is 7.43. The van der Waals surface area contributed by atoms with E-state index in [-0.39, 0.29) is 43.1 Å². The number of hydrogen-bond acceptors (Lipinski definition) is 8. The van der Waals surface area contributed by atoms with E-state index >= 15 is 0 Å². The van der Waals surface area contributed by atoms with Gasteiger partial charge in [-0.25, -0.2) is 4.98 Å². The molecule has 0 saturated carbocycles. The molecule has 0 aliphatic rings. The second kappa shape index (κ2) is 9.75. The molecule has 0 amide bonds. The number of anilines is 3. The summed E-state index contributed by atoms with van der Waals surface area (Å²) in [5, 5.41) is 15.2. The van der Waals surface area contributed by atoms with Gasteiger partial charge in [-0.05, 0) is 38.1 Å². The van der Waals surface area contributed by atoms with E-state index in [0.29, 0.717) is 0 Å². The summed E-state index contributed by atoms with van der Waals surface area (Å²) in [4.78, 5) is 18.8. The van der Waals surface area contributed by atoms with Crippen LogP contribution in [0.1, 0.15) is 32.7 Å². The first-order chi connectivity index (χ1) is 15.2. The predicted octanol–water partition coefficient (Wildman–Crippen LogP) is 4.93. The first kappa shape index (κ1) is 26.7. The fourth-order valence-corrected chi connectivity index (χ4v) is 2.43.